The third kappa shape index (κ3) is 4.54. The molecule has 0 atom stereocenters. The Kier molecular flexibility index (Phi) is 6.44. The van der Waals surface area contributed by atoms with Crippen LogP contribution in [0.5, 0.6) is 0 Å². The molecule has 150 valence electrons. The lowest BCUT2D eigenvalue weighted by atomic mass is 9.95. The van der Waals surface area contributed by atoms with Crippen LogP contribution in [0.2, 0.25) is 0 Å². The number of anilines is 1. The van der Waals surface area contributed by atoms with Gasteiger partial charge in [0, 0.05) is 24.3 Å². The van der Waals surface area contributed by atoms with Crippen molar-refractivity contribution in [3.63, 3.8) is 0 Å². The van der Waals surface area contributed by atoms with E-state index in [9.17, 15) is 14.4 Å². The second-order valence-corrected chi connectivity index (χ2v) is 6.82. The first-order chi connectivity index (χ1) is 14.0. The van der Waals surface area contributed by atoms with Gasteiger partial charge in [-0.3, -0.25) is 14.4 Å². The fraction of sp³-hybridized carbons (Fsp3) is 0.261. The van der Waals surface area contributed by atoms with Crippen LogP contribution < -0.4 is 4.90 Å². The van der Waals surface area contributed by atoms with E-state index in [-0.39, 0.29) is 24.9 Å². The first kappa shape index (κ1) is 20.3. The molecule has 0 radical (unpaired) electrons. The van der Waals surface area contributed by atoms with E-state index in [1.54, 1.807) is 17.0 Å². The van der Waals surface area contributed by atoms with Crippen molar-refractivity contribution >= 4 is 23.5 Å². The van der Waals surface area contributed by atoms with Crippen LogP contribution in [0.3, 0.4) is 0 Å². The van der Waals surface area contributed by atoms with Crippen LogP contribution in [0.4, 0.5) is 5.69 Å². The van der Waals surface area contributed by atoms with Gasteiger partial charge in [-0.05, 0) is 42.2 Å². The van der Waals surface area contributed by atoms with Crippen LogP contribution in [-0.4, -0.2) is 42.9 Å². The summed E-state index contributed by atoms with van der Waals surface area (Å²) in [7, 11) is 1.30. The summed E-state index contributed by atoms with van der Waals surface area (Å²) in [4.78, 5) is 40.7. The lowest BCUT2D eigenvalue weighted by Gasteiger charge is -2.31. The Balaban J connectivity index is 1.96. The summed E-state index contributed by atoms with van der Waals surface area (Å²) in [5, 5.41) is 0. The average molecular weight is 392 g/mol. The number of esters is 1. The molecule has 1 aliphatic heterocycles. The lowest BCUT2D eigenvalue weighted by Crippen LogP contribution is -2.38. The summed E-state index contributed by atoms with van der Waals surface area (Å²) in [6.07, 6.45) is 2.73. The minimum atomic E-state index is -0.484. The standard InChI is InChI=1S/C23H24N2O4/c1-3-21(26)25-14-8-12-18-19(11-7-13-20(18)25)23(28)24(16-22(27)29-2)15-17-9-5-4-6-10-17/h3-7,9-11,13H,1,8,12,14-16H2,2H3. The second-order valence-electron chi connectivity index (χ2n) is 6.82. The molecule has 0 aliphatic carbocycles. The van der Waals surface area contributed by atoms with Gasteiger partial charge in [-0.25, -0.2) is 0 Å². The molecular formula is C23H24N2O4. The molecule has 2 aromatic carbocycles. The van der Waals surface area contributed by atoms with E-state index < -0.39 is 5.97 Å². The molecule has 0 unspecified atom stereocenters. The number of benzene rings is 2. The summed E-state index contributed by atoms with van der Waals surface area (Å²) in [6, 6.07) is 14.8. The van der Waals surface area contributed by atoms with Crippen molar-refractivity contribution in [3.8, 4) is 0 Å². The van der Waals surface area contributed by atoms with Gasteiger partial charge >= 0.3 is 5.97 Å². The van der Waals surface area contributed by atoms with E-state index in [1.165, 1.54) is 18.1 Å². The van der Waals surface area contributed by atoms with Crippen molar-refractivity contribution in [3.05, 3.63) is 77.9 Å². The van der Waals surface area contributed by atoms with Gasteiger partial charge in [0.1, 0.15) is 6.54 Å². The smallest absolute Gasteiger partial charge is 0.325 e. The topological polar surface area (TPSA) is 66.9 Å². The van der Waals surface area contributed by atoms with Crippen molar-refractivity contribution < 1.29 is 19.1 Å². The largest absolute Gasteiger partial charge is 0.468 e. The van der Waals surface area contributed by atoms with E-state index in [2.05, 4.69) is 6.58 Å². The van der Waals surface area contributed by atoms with Gasteiger partial charge in [0.2, 0.25) is 5.91 Å². The van der Waals surface area contributed by atoms with Crippen LogP contribution in [0.15, 0.2) is 61.2 Å². The number of methoxy groups -OCH3 is 1. The molecule has 2 amide bonds. The predicted octanol–water partition coefficient (Wildman–Crippen LogP) is 2.97. The zero-order valence-electron chi connectivity index (χ0n) is 16.5. The zero-order chi connectivity index (χ0) is 20.8. The third-order valence-electron chi connectivity index (χ3n) is 4.97. The van der Waals surface area contributed by atoms with Gasteiger partial charge < -0.3 is 14.5 Å². The molecule has 6 heteroatoms. The number of nitrogens with zero attached hydrogens (tertiary/aromatic N) is 2. The number of amides is 2. The van der Waals surface area contributed by atoms with Crippen LogP contribution >= 0.6 is 0 Å². The highest BCUT2D eigenvalue weighted by Gasteiger charge is 2.28. The van der Waals surface area contributed by atoms with E-state index in [0.29, 0.717) is 18.5 Å². The molecule has 0 fully saturated rings. The molecular weight excluding hydrogens is 368 g/mol. The van der Waals surface area contributed by atoms with Gasteiger partial charge in [0.25, 0.3) is 5.91 Å². The van der Waals surface area contributed by atoms with Gasteiger partial charge in [-0.1, -0.05) is 43.0 Å². The predicted molar refractivity (Wildman–Crippen MR) is 111 cm³/mol. The van der Waals surface area contributed by atoms with Crippen LogP contribution in [0.1, 0.15) is 27.9 Å². The van der Waals surface area contributed by atoms with Crippen LogP contribution in [0, 0.1) is 0 Å². The van der Waals surface area contributed by atoms with Crippen LogP contribution in [-0.2, 0) is 27.3 Å². The quantitative estimate of drug-likeness (QED) is 0.560. The molecule has 29 heavy (non-hydrogen) atoms. The maximum absolute atomic E-state index is 13.4. The van der Waals surface area contributed by atoms with Gasteiger partial charge in [-0.15, -0.1) is 0 Å². The highest BCUT2D eigenvalue weighted by molar-refractivity contribution is 6.04. The highest BCUT2D eigenvalue weighted by Crippen LogP contribution is 2.31. The molecule has 1 aliphatic rings. The first-order valence-corrected chi connectivity index (χ1v) is 9.51. The summed E-state index contributed by atoms with van der Waals surface area (Å²) in [5.41, 5.74) is 2.97. The highest BCUT2D eigenvalue weighted by atomic mass is 16.5. The molecule has 0 saturated heterocycles. The fourth-order valence-corrected chi connectivity index (χ4v) is 3.56. The Bertz CT molecular complexity index is 924. The Hall–Kier alpha value is -3.41. The molecule has 2 aromatic rings. The van der Waals surface area contributed by atoms with Crippen LogP contribution in [0.25, 0.3) is 0 Å². The zero-order valence-corrected chi connectivity index (χ0v) is 16.5. The molecule has 0 saturated carbocycles. The van der Waals surface area contributed by atoms with E-state index in [0.717, 1.165) is 23.2 Å². The Morgan fingerprint density at radius 2 is 1.90 bits per heavy atom. The van der Waals surface area contributed by atoms with Crippen molar-refractivity contribution in [2.24, 2.45) is 0 Å². The van der Waals surface area contributed by atoms with Gasteiger partial charge in [0.15, 0.2) is 0 Å². The number of fused-ring (bicyclic) bond motifs is 1. The monoisotopic (exact) mass is 392 g/mol. The van der Waals surface area contributed by atoms with E-state index >= 15 is 0 Å². The van der Waals surface area contributed by atoms with Gasteiger partial charge in [0.05, 0.1) is 7.11 Å². The fourth-order valence-electron chi connectivity index (χ4n) is 3.56. The number of carbonyl (C=O) groups is 3. The molecule has 6 nitrogen and oxygen atoms in total. The van der Waals surface area contributed by atoms with Gasteiger partial charge in [-0.2, -0.15) is 0 Å². The molecule has 3 rings (SSSR count). The molecule has 0 spiro atoms. The van der Waals surface area contributed by atoms with Crippen molar-refractivity contribution in [1.29, 1.82) is 0 Å². The Labute approximate surface area is 170 Å². The average Bonchev–Trinajstić information content (AvgIpc) is 2.77. The minimum absolute atomic E-state index is 0.150. The summed E-state index contributed by atoms with van der Waals surface area (Å²) < 4.78 is 4.78. The number of ether oxygens (including phenoxy) is 1. The number of hydrogen-bond acceptors (Lipinski definition) is 4. The maximum atomic E-state index is 13.4. The van der Waals surface area contributed by atoms with Crippen molar-refractivity contribution in [1.82, 2.24) is 4.90 Å². The van der Waals surface area contributed by atoms with Crippen molar-refractivity contribution in [2.75, 3.05) is 25.1 Å². The first-order valence-electron chi connectivity index (χ1n) is 9.51. The summed E-state index contributed by atoms with van der Waals surface area (Å²) >= 11 is 0. The number of carbonyl (C=O) groups excluding carboxylic acids is 3. The summed E-state index contributed by atoms with van der Waals surface area (Å²) in [6.45, 7) is 4.29. The maximum Gasteiger partial charge on any atom is 0.325 e. The van der Waals surface area contributed by atoms with Crippen molar-refractivity contribution in [2.45, 2.75) is 19.4 Å². The van der Waals surface area contributed by atoms with E-state index in [4.69, 9.17) is 4.74 Å². The number of rotatable bonds is 6. The molecule has 1 heterocycles. The Morgan fingerprint density at radius 1 is 1.14 bits per heavy atom. The lowest BCUT2D eigenvalue weighted by molar-refractivity contribution is -0.141. The Morgan fingerprint density at radius 3 is 2.59 bits per heavy atom. The molecule has 0 N–H and O–H groups in total. The molecule has 0 bridgehead atoms. The third-order valence-corrected chi connectivity index (χ3v) is 4.97. The molecule has 0 aromatic heterocycles. The van der Waals surface area contributed by atoms with E-state index in [1.807, 2.05) is 36.4 Å². The second kappa shape index (κ2) is 9.19. The SMILES string of the molecule is C=CC(=O)N1CCCc2c(C(=O)N(CC(=O)OC)Cc3ccccc3)cccc21. The summed E-state index contributed by atoms with van der Waals surface area (Å²) in [5.74, 6) is -0.933. The normalized spacial score (nSPS) is 12.7. The minimum Gasteiger partial charge on any atom is -0.468 e. The number of hydrogen-bond donors (Lipinski definition) is 0.